The molecule has 2 aliphatic heterocycles. The van der Waals surface area contributed by atoms with E-state index in [1.54, 1.807) is 4.90 Å². The van der Waals surface area contributed by atoms with Crippen LogP contribution >= 0.6 is 0 Å². The highest BCUT2D eigenvalue weighted by molar-refractivity contribution is 5.76. The number of carbonyl (C=O) groups is 1. The number of amides is 1. The number of carbonyl (C=O) groups excluding carboxylic acids is 1. The van der Waals surface area contributed by atoms with Crippen molar-refractivity contribution in [3.63, 3.8) is 0 Å². The van der Waals surface area contributed by atoms with Gasteiger partial charge in [0, 0.05) is 13.0 Å². The highest BCUT2D eigenvalue weighted by atomic mass is 19.1. The monoisotopic (exact) mass is 228 g/mol. The van der Waals surface area contributed by atoms with Gasteiger partial charge in [0.05, 0.1) is 6.54 Å². The molecule has 1 unspecified atom stereocenters. The standard InChI is InChI=1S/C12H21FN2O/c13-11-2-1-7-15(9-11)12(16)8-10-3-5-14-6-4-10/h10-11,14H,1-9H2. The van der Waals surface area contributed by atoms with Crippen molar-refractivity contribution in [1.82, 2.24) is 10.2 Å². The third kappa shape index (κ3) is 3.17. The SMILES string of the molecule is O=C(CC1CCNCC1)N1CCCC(F)C1. The minimum absolute atomic E-state index is 0.161. The first-order chi connectivity index (χ1) is 7.75. The fourth-order valence-electron chi connectivity index (χ4n) is 2.61. The largest absolute Gasteiger partial charge is 0.340 e. The molecule has 0 bridgehead atoms. The van der Waals surface area contributed by atoms with E-state index in [0.29, 0.717) is 25.3 Å². The molecule has 0 radical (unpaired) electrons. The van der Waals surface area contributed by atoms with E-state index in [1.807, 2.05) is 0 Å². The number of alkyl halides is 1. The quantitative estimate of drug-likeness (QED) is 0.773. The number of hydrogen-bond acceptors (Lipinski definition) is 2. The lowest BCUT2D eigenvalue weighted by molar-refractivity contribution is -0.134. The van der Waals surface area contributed by atoms with Crippen LogP contribution in [0.5, 0.6) is 0 Å². The number of nitrogens with one attached hydrogen (secondary N) is 1. The number of hydrogen-bond donors (Lipinski definition) is 1. The van der Waals surface area contributed by atoms with Gasteiger partial charge in [0.25, 0.3) is 0 Å². The van der Waals surface area contributed by atoms with Crippen LogP contribution in [-0.4, -0.2) is 43.2 Å². The van der Waals surface area contributed by atoms with E-state index in [0.717, 1.165) is 38.9 Å². The van der Waals surface area contributed by atoms with Gasteiger partial charge in [-0.2, -0.15) is 0 Å². The second kappa shape index (κ2) is 5.62. The Balaban J connectivity index is 1.77. The van der Waals surface area contributed by atoms with Crippen LogP contribution in [0, 0.1) is 5.92 Å². The lowest BCUT2D eigenvalue weighted by atomic mass is 9.93. The summed E-state index contributed by atoms with van der Waals surface area (Å²) in [6.45, 7) is 3.11. The van der Waals surface area contributed by atoms with Crippen molar-refractivity contribution in [2.75, 3.05) is 26.2 Å². The Morgan fingerprint density at radius 2 is 2.06 bits per heavy atom. The summed E-state index contributed by atoms with van der Waals surface area (Å²) in [5, 5.41) is 3.29. The van der Waals surface area contributed by atoms with Crippen LogP contribution in [0.1, 0.15) is 32.1 Å². The molecule has 1 N–H and O–H groups in total. The minimum atomic E-state index is -0.800. The van der Waals surface area contributed by atoms with Crippen LogP contribution in [0.15, 0.2) is 0 Å². The summed E-state index contributed by atoms with van der Waals surface area (Å²) in [6.07, 6.45) is 3.42. The lowest BCUT2D eigenvalue weighted by Gasteiger charge is -2.31. The summed E-state index contributed by atoms with van der Waals surface area (Å²) in [5.41, 5.74) is 0. The van der Waals surface area contributed by atoms with Gasteiger partial charge in [-0.15, -0.1) is 0 Å². The molecule has 2 fully saturated rings. The van der Waals surface area contributed by atoms with Crippen LogP contribution in [0.3, 0.4) is 0 Å². The molecule has 0 saturated carbocycles. The van der Waals surface area contributed by atoms with E-state index < -0.39 is 6.17 Å². The molecule has 0 aromatic rings. The van der Waals surface area contributed by atoms with E-state index in [1.165, 1.54) is 0 Å². The van der Waals surface area contributed by atoms with Crippen molar-refractivity contribution in [2.24, 2.45) is 5.92 Å². The second-order valence-corrected chi connectivity index (χ2v) is 4.98. The van der Waals surface area contributed by atoms with Crippen molar-refractivity contribution in [3.8, 4) is 0 Å². The predicted octanol–water partition coefficient (Wildman–Crippen LogP) is 1.34. The average Bonchev–Trinajstić information content (AvgIpc) is 2.30. The van der Waals surface area contributed by atoms with Crippen LogP contribution in [0.25, 0.3) is 0 Å². The molecule has 2 rings (SSSR count). The fraction of sp³-hybridized carbons (Fsp3) is 0.917. The Morgan fingerprint density at radius 1 is 1.31 bits per heavy atom. The number of rotatable bonds is 2. The van der Waals surface area contributed by atoms with Crippen molar-refractivity contribution in [1.29, 1.82) is 0 Å². The molecule has 3 nitrogen and oxygen atoms in total. The normalized spacial score (nSPS) is 28.1. The fourth-order valence-corrected chi connectivity index (χ4v) is 2.61. The van der Waals surface area contributed by atoms with E-state index in [4.69, 9.17) is 0 Å². The molecule has 0 aromatic carbocycles. The van der Waals surface area contributed by atoms with Gasteiger partial charge in [0.2, 0.25) is 5.91 Å². The van der Waals surface area contributed by atoms with Crippen LogP contribution in [-0.2, 0) is 4.79 Å². The van der Waals surface area contributed by atoms with Crippen LogP contribution in [0.2, 0.25) is 0 Å². The second-order valence-electron chi connectivity index (χ2n) is 4.98. The van der Waals surface area contributed by atoms with Crippen molar-refractivity contribution < 1.29 is 9.18 Å². The van der Waals surface area contributed by atoms with Gasteiger partial charge < -0.3 is 10.2 Å². The van der Waals surface area contributed by atoms with Gasteiger partial charge in [-0.25, -0.2) is 4.39 Å². The number of likely N-dealkylation sites (tertiary alicyclic amines) is 1. The highest BCUT2D eigenvalue weighted by Gasteiger charge is 2.25. The molecule has 0 spiro atoms. The van der Waals surface area contributed by atoms with Gasteiger partial charge in [-0.1, -0.05) is 0 Å². The topological polar surface area (TPSA) is 32.3 Å². The number of piperidine rings is 2. The van der Waals surface area contributed by atoms with Crippen molar-refractivity contribution >= 4 is 5.91 Å². The van der Waals surface area contributed by atoms with Gasteiger partial charge in [0.15, 0.2) is 0 Å². The minimum Gasteiger partial charge on any atom is -0.340 e. The molecule has 92 valence electrons. The van der Waals surface area contributed by atoms with Gasteiger partial charge in [-0.3, -0.25) is 4.79 Å². The van der Waals surface area contributed by atoms with Crippen LogP contribution in [0.4, 0.5) is 4.39 Å². The maximum Gasteiger partial charge on any atom is 0.222 e. The van der Waals surface area contributed by atoms with Crippen molar-refractivity contribution in [2.45, 2.75) is 38.3 Å². The first-order valence-electron chi connectivity index (χ1n) is 6.38. The third-order valence-corrected chi connectivity index (χ3v) is 3.64. The first kappa shape index (κ1) is 11.8. The summed E-state index contributed by atoms with van der Waals surface area (Å²) < 4.78 is 13.2. The molecule has 2 saturated heterocycles. The summed E-state index contributed by atoms with van der Waals surface area (Å²) in [7, 11) is 0. The molecule has 4 heteroatoms. The van der Waals surface area contributed by atoms with Crippen LogP contribution < -0.4 is 5.32 Å². The van der Waals surface area contributed by atoms with E-state index in [2.05, 4.69) is 5.32 Å². The highest BCUT2D eigenvalue weighted by Crippen LogP contribution is 2.20. The van der Waals surface area contributed by atoms with E-state index in [9.17, 15) is 9.18 Å². The number of halogens is 1. The predicted molar refractivity (Wildman–Crippen MR) is 60.9 cm³/mol. The van der Waals surface area contributed by atoms with Gasteiger partial charge >= 0.3 is 0 Å². The Labute approximate surface area is 96.4 Å². The zero-order chi connectivity index (χ0) is 11.4. The Kier molecular flexibility index (Phi) is 4.16. The van der Waals surface area contributed by atoms with Gasteiger partial charge in [-0.05, 0) is 44.7 Å². The Bertz CT molecular complexity index is 241. The maximum absolute atomic E-state index is 13.2. The molecule has 2 aliphatic rings. The number of nitrogens with zero attached hydrogens (tertiary/aromatic N) is 1. The molecule has 1 amide bonds. The maximum atomic E-state index is 13.2. The molecule has 16 heavy (non-hydrogen) atoms. The summed E-state index contributed by atoms with van der Waals surface area (Å²) in [5.74, 6) is 0.669. The Hall–Kier alpha value is -0.640. The molecule has 0 aromatic heterocycles. The lowest BCUT2D eigenvalue weighted by Crippen LogP contribution is -2.42. The molecular formula is C12H21FN2O. The summed E-state index contributed by atoms with van der Waals surface area (Å²) >= 11 is 0. The Morgan fingerprint density at radius 3 is 2.75 bits per heavy atom. The van der Waals surface area contributed by atoms with E-state index in [-0.39, 0.29) is 5.91 Å². The third-order valence-electron chi connectivity index (χ3n) is 3.64. The summed E-state index contributed by atoms with van der Waals surface area (Å²) in [4.78, 5) is 13.7. The van der Waals surface area contributed by atoms with E-state index >= 15 is 0 Å². The zero-order valence-electron chi connectivity index (χ0n) is 9.75. The van der Waals surface area contributed by atoms with Crippen molar-refractivity contribution in [3.05, 3.63) is 0 Å². The van der Waals surface area contributed by atoms with Gasteiger partial charge in [0.1, 0.15) is 6.17 Å². The molecule has 1 atom stereocenters. The smallest absolute Gasteiger partial charge is 0.222 e. The molecule has 2 heterocycles. The summed E-state index contributed by atoms with van der Waals surface area (Å²) in [6, 6.07) is 0. The zero-order valence-corrected chi connectivity index (χ0v) is 9.75. The molecule has 0 aliphatic carbocycles. The molecular weight excluding hydrogens is 207 g/mol. The average molecular weight is 228 g/mol. The first-order valence-corrected chi connectivity index (χ1v) is 6.38.